The monoisotopic (exact) mass is 258 g/mol. The summed E-state index contributed by atoms with van der Waals surface area (Å²) in [4.78, 5) is 26.2. The van der Waals surface area contributed by atoms with Crippen LogP contribution in [0.25, 0.3) is 0 Å². The van der Waals surface area contributed by atoms with Gasteiger partial charge in [-0.3, -0.25) is 9.69 Å². The molecule has 0 aliphatic carbocycles. The molecule has 1 N–H and O–H groups in total. The average Bonchev–Trinajstić information content (AvgIpc) is 2.74. The normalized spacial score (nSPS) is 29.4. The molecule has 102 valence electrons. The molecule has 2 aliphatic rings. The fraction of sp³-hybridized carbons (Fsp3) is 0.818. The van der Waals surface area contributed by atoms with E-state index in [1.807, 2.05) is 11.8 Å². The number of carbonyl (C=O) groups is 2. The van der Waals surface area contributed by atoms with Gasteiger partial charge in [-0.25, -0.2) is 9.69 Å². The Morgan fingerprint density at radius 3 is 2.89 bits per heavy atom. The number of aliphatic hydroxyl groups is 1. The highest BCUT2D eigenvalue weighted by atomic mass is 16.6. The molecule has 7 nitrogen and oxygen atoms in total. The molecule has 18 heavy (non-hydrogen) atoms. The topological polar surface area (TPSA) is 79.3 Å². The molecule has 0 aromatic rings. The molecule has 0 saturated carbocycles. The van der Waals surface area contributed by atoms with Crippen LogP contribution in [0.5, 0.6) is 0 Å². The number of imide groups is 1. The van der Waals surface area contributed by atoms with Crippen LogP contribution >= 0.6 is 0 Å². The molecular weight excluding hydrogens is 240 g/mol. The molecule has 2 rings (SSSR count). The van der Waals surface area contributed by atoms with Crippen LogP contribution in [0.3, 0.4) is 0 Å². The van der Waals surface area contributed by atoms with E-state index < -0.39 is 6.09 Å². The summed E-state index contributed by atoms with van der Waals surface area (Å²) in [6, 6.07) is 0. The number of hydrogen-bond donors (Lipinski definition) is 1. The van der Waals surface area contributed by atoms with Gasteiger partial charge in [0.05, 0.1) is 31.9 Å². The van der Waals surface area contributed by atoms with Gasteiger partial charge in [0, 0.05) is 13.1 Å². The van der Waals surface area contributed by atoms with Crippen LogP contribution in [0.4, 0.5) is 4.79 Å². The zero-order chi connectivity index (χ0) is 13.1. The number of amides is 2. The summed E-state index contributed by atoms with van der Waals surface area (Å²) in [5.41, 5.74) is 0. The number of carbonyl (C=O) groups excluding carboxylic acids is 2. The highest BCUT2D eigenvalue weighted by Crippen LogP contribution is 2.12. The number of cyclic esters (lactones) is 1. The molecular formula is C11H18N2O5. The van der Waals surface area contributed by atoms with Gasteiger partial charge < -0.3 is 14.6 Å². The van der Waals surface area contributed by atoms with E-state index in [-0.39, 0.29) is 37.9 Å². The average molecular weight is 258 g/mol. The fourth-order valence-electron chi connectivity index (χ4n) is 2.27. The van der Waals surface area contributed by atoms with Crippen molar-refractivity contribution in [2.75, 3.05) is 39.4 Å². The van der Waals surface area contributed by atoms with Crippen LogP contribution in [-0.4, -0.2) is 78.5 Å². The lowest BCUT2D eigenvalue weighted by Crippen LogP contribution is -2.51. The van der Waals surface area contributed by atoms with Crippen LogP contribution in [0.2, 0.25) is 0 Å². The Bertz CT molecular complexity index is 335. The molecule has 2 fully saturated rings. The van der Waals surface area contributed by atoms with E-state index in [1.165, 1.54) is 0 Å². The van der Waals surface area contributed by atoms with E-state index in [1.54, 1.807) is 0 Å². The van der Waals surface area contributed by atoms with E-state index in [9.17, 15) is 9.59 Å². The third kappa shape index (κ3) is 2.98. The van der Waals surface area contributed by atoms with Crippen LogP contribution < -0.4 is 0 Å². The Balaban J connectivity index is 1.88. The summed E-state index contributed by atoms with van der Waals surface area (Å²) < 4.78 is 10.2. The van der Waals surface area contributed by atoms with Gasteiger partial charge in [0.15, 0.2) is 0 Å². The zero-order valence-electron chi connectivity index (χ0n) is 10.4. The quantitative estimate of drug-likeness (QED) is 0.703. The van der Waals surface area contributed by atoms with Crippen LogP contribution in [0, 0.1) is 0 Å². The molecule has 7 heteroatoms. The third-order valence-corrected chi connectivity index (χ3v) is 3.03. The van der Waals surface area contributed by atoms with Crippen molar-refractivity contribution >= 4 is 12.0 Å². The first kappa shape index (κ1) is 13.3. The maximum atomic E-state index is 11.9. The minimum absolute atomic E-state index is 0.0331. The standard InChI is InChI=1S/C11H18N2O5/c1-8-4-12(5-9(7-14)18-8)6-10(15)13-2-3-17-11(13)16/h8-9,14H,2-7H2,1H3. The summed E-state index contributed by atoms with van der Waals surface area (Å²) >= 11 is 0. The Labute approximate surface area is 105 Å². The highest BCUT2D eigenvalue weighted by Gasteiger charge is 2.32. The van der Waals surface area contributed by atoms with Gasteiger partial charge in [-0.1, -0.05) is 0 Å². The second kappa shape index (κ2) is 5.64. The van der Waals surface area contributed by atoms with E-state index in [2.05, 4.69) is 0 Å². The molecule has 2 saturated heterocycles. The van der Waals surface area contributed by atoms with Crippen molar-refractivity contribution in [1.29, 1.82) is 0 Å². The molecule has 2 amide bonds. The second-order valence-electron chi connectivity index (χ2n) is 4.61. The van der Waals surface area contributed by atoms with E-state index in [0.717, 1.165) is 4.90 Å². The Morgan fingerprint density at radius 2 is 2.28 bits per heavy atom. The van der Waals surface area contributed by atoms with Crippen molar-refractivity contribution in [3.63, 3.8) is 0 Å². The molecule has 0 aromatic heterocycles. The van der Waals surface area contributed by atoms with Crippen molar-refractivity contribution in [3.8, 4) is 0 Å². The summed E-state index contributed by atoms with van der Waals surface area (Å²) in [5.74, 6) is -0.261. The summed E-state index contributed by atoms with van der Waals surface area (Å²) in [5, 5.41) is 9.09. The van der Waals surface area contributed by atoms with Gasteiger partial charge in [-0.2, -0.15) is 0 Å². The minimum atomic E-state index is -0.569. The number of nitrogens with zero attached hydrogens (tertiary/aromatic N) is 2. The first-order chi connectivity index (χ1) is 8.60. The first-order valence-electron chi connectivity index (χ1n) is 6.06. The molecule has 0 aromatic carbocycles. The Kier molecular flexibility index (Phi) is 4.15. The number of aliphatic hydroxyl groups excluding tert-OH is 1. The molecule has 2 unspecified atom stereocenters. The first-order valence-corrected chi connectivity index (χ1v) is 6.06. The van der Waals surface area contributed by atoms with Crippen LogP contribution in [0.1, 0.15) is 6.92 Å². The molecule has 2 atom stereocenters. The maximum absolute atomic E-state index is 11.9. The minimum Gasteiger partial charge on any atom is -0.447 e. The zero-order valence-corrected chi connectivity index (χ0v) is 10.4. The van der Waals surface area contributed by atoms with Crippen molar-refractivity contribution < 1.29 is 24.2 Å². The predicted octanol–water partition coefficient (Wildman–Crippen LogP) is -0.953. The lowest BCUT2D eigenvalue weighted by atomic mass is 10.2. The van der Waals surface area contributed by atoms with Gasteiger partial charge in [0.25, 0.3) is 0 Å². The van der Waals surface area contributed by atoms with Crippen molar-refractivity contribution in [3.05, 3.63) is 0 Å². The van der Waals surface area contributed by atoms with Gasteiger partial charge in [-0.05, 0) is 6.92 Å². The number of rotatable bonds is 3. The second-order valence-corrected chi connectivity index (χ2v) is 4.61. The van der Waals surface area contributed by atoms with Crippen LogP contribution in [0.15, 0.2) is 0 Å². The van der Waals surface area contributed by atoms with E-state index >= 15 is 0 Å². The molecule has 0 spiro atoms. The summed E-state index contributed by atoms with van der Waals surface area (Å²) in [6.45, 7) is 3.68. The van der Waals surface area contributed by atoms with Gasteiger partial charge in [-0.15, -0.1) is 0 Å². The Hall–Kier alpha value is -1.18. The van der Waals surface area contributed by atoms with Gasteiger partial charge in [0.2, 0.25) is 5.91 Å². The van der Waals surface area contributed by atoms with E-state index in [0.29, 0.717) is 19.6 Å². The lowest BCUT2D eigenvalue weighted by Gasteiger charge is -2.35. The van der Waals surface area contributed by atoms with Crippen LogP contribution in [-0.2, 0) is 14.3 Å². The fourth-order valence-corrected chi connectivity index (χ4v) is 2.27. The molecule has 2 aliphatic heterocycles. The van der Waals surface area contributed by atoms with Crippen molar-refractivity contribution in [1.82, 2.24) is 9.80 Å². The maximum Gasteiger partial charge on any atom is 0.416 e. The summed E-state index contributed by atoms with van der Waals surface area (Å²) in [7, 11) is 0. The smallest absolute Gasteiger partial charge is 0.416 e. The number of morpholine rings is 1. The Morgan fingerprint density at radius 1 is 1.50 bits per heavy atom. The SMILES string of the molecule is CC1CN(CC(=O)N2CCOC2=O)CC(CO)O1. The number of ether oxygens (including phenoxy) is 2. The predicted molar refractivity (Wildman–Crippen MR) is 60.9 cm³/mol. The lowest BCUT2D eigenvalue weighted by molar-refractivity contribution is -0.134. The third-order valence-electron chi connectivity index (χ3n) is 3.03. The van der Waals surface area contributed by atoms with Gasteiger partial charge >= 0.3 is 6.09 Å². The molecule has 2 heterocycles. The highest BCUT2D eigenvalue weighted by molar-refractivity contribution is 5.94. The van der Waals surface area contributed by atoms with Gasteiger partial charge in [0.1, 0.15) is 6.61 Å². The van der Waals surface area contributed by atoms with Crippen molar-refractivity contribution in [2.24, 2.45) is 0 Å². The molecule has 0 radical (unpaired) electrons. The van der Waals surface area contributed by atoms with Crippen molar-refractivity contribution in [2.45, 2.75) is 19.1 Å². The number of hydrogen-bond acceptors (Lipinski definition) is 6. The van der Waals surface area contributed by atoms with E-state index in [4.69, 9.17) is 14.6 Å². The molecule has 0 bridgehead atoms. The largest absolute Gasteiger partial charge is 0.447 e. The summed E-state index contributed by atoms with van der Waals surface area (Å²) in [6.07, 6.45) is -0.874.